The molecule has 1 heterocycles. The summed E-state index contributed by atoms with van der Waals surface area (Å²) in [6.07, 6.45) is 3.17. The third-order valence-corrected chi connectivity index (χ3v) is 3.38. The van der Waals surface area contributed by atoms with E-state index in [-0.39, 0.29) is 17.9 Å². The standard InChI is InChI=1S/C14H15N3O4/c15-6-9-21-14(18)12-10-11(17(19)20)4-5-13(12)16-7-2-1-3-8-16/h4-5,10H,1-3,7-9H2. The van der Waals surface area contributed by atoms with Gasteiger partial charge in [-0.1, -0.05) is 0 Å². The lowest BCUT2D eigenvalue weighted by Gasteiger charge is -2.30. The molecule has 1 fully saturated rings. The minimum Gasteiger partial charge on any atom is -0.447 e. The minimum atomic E-state index is -0.708. The molecule has 0 amide bonds. The quantitative estimate of drug-likeness (QED) is 0.479. The molecule has 0 unspecified atom stereocenters. The second kappa shape index (κ2) is 6.70. The molecule has 2 rings (SSSR count). The summed E-state index contributed by atoms with van der Waals surface area (Å²) >= 11 is 0. The molecule has 21 heavy (non-hydrogen) atoms. The van der Waals surface area contributed by atoms with Crippen LogP contribution in [0.25, 0.3) is 0 Å². The molecular formula is C14H15N3O4. The van der Waals surface area contributed by atoms with Crippen molar-refractivity contribution >= 4 is 17.3 Å². The Balaban J connectivity index is 2.35. The number of nitro groups is 1. The molecule has 0 aliphatic carbocycles. The van der Waals surface area contributed by atoms with Crippen LogP contribution in [-0.2, 0) is 4.74 Å². The van der Waals surface area contributed by atoms with Crippen LogP contribution < -0.4 is 4.90 Å². The van der Waals surface area contributed by atoms with Crippen molar-refractivity contribution in [2.24, 2.45) is 0 Å². The highest BCUT2D eigenvalue weighted by Gasteiger charge is 2.22. The summed E-state index contributed by atoms with van der Waals surface area (Å²) in [5, 5.41) is 19.3. The fourth-order valence-electron chi connectivity index (χ4n) is 2.39. The van der Waals surface area contributed by atoms with E-state index in [1.54, 1.807) is 12.1 Å². The highest BCUT2D eigenvalue weighted by Crippen LogP contribution is 2.28. The molecule has 0 spiro atoms. The zero-order chi connectivity index (χ0) is 15.2. The number of hydrogen-bond donors (Lipinski definition) is 0. The molecule has 0 saturated carbocycles. The Labute approximate surface area is 121 Å². The van der Waals surface area contributed by atoms with Crippen molar-refractivity contribution < 1.29 is 14.5 Å². The van der Waals surface area contributed by atoms with Gasteiger partial charge in [0.25, 0.3) is 5.69 Å². The van der Waals surface area contributed by atoms with Gasteiger partial charge in [-0.15, -0.1) is 0 Å². The number of carbonyl (C=O) groups excluding carboxylic acids is 1. The molecule has 7 heteroatoms. The van der Waals surface area contributed by atoms with E-state index in [0.29, 0.717) is 5.69 Å². The summed E-state index contributed by atoms with van der Waals surface area (Å²) in [5.41, 5.74) is 0.601. The molecule has 0 bridgehead atoms. The Hall–Kier alpha value is -2.62. The molecule has 1 aromatic rings. The number of esters is 1. The van der Waals surface area contributed by atoms with E-state index in [1.165, 1.54) is 12.1 Å². The SMILES string of the molecule is N#CCOC(=O)c1cc([N+](=O)[O-])ccc1N1CCCCC1. The monoisotopic (exact) mass is 289 g/mol. The molecule has 7 nitrogen and oxygen atoms in total. The van der Waals surface area contributed by atoms with Gasteiger partial charge in [0.05, 0.1) is 16.2 Å². The lowest BCUT2D eigenvalue weighted by atomic mass is 10.1. The highest BCUT2D eigenvalue weighted by molar-refractivity contribution is 5.96. The molecule has 0 atom stereocenters. The molecule has 1 aromatic carbocycles. The number of non-ortho nitro benzene ring substituents is 1. The van der Waals surface area contributed by atoms with E-state index in [1.807, 2.05) is 4.90 Å². The highest BCUT2D eigenvalue weighted by atomic mass is 16.6. The van der Waals surface area contributed by atoms with Crippen LogP contribution in [0.2, 0.25) is 0 Å². The van der Waals surface area contributed by atoms with E-state index in [0.717, 1.165) is 32.4 Å². The lowest BCUT2D eigenvalue weighted by Crippen LogP contribution is -2.31. The van der Waals surface area contributed by atoms with Gasteiger partial charge in [0.2, 0.25) is 0 Å². The first-order valence-corrected chi connectivity index (χ1v) is 6.71. The predicted molar refractivity (Wildman–Crippen MR) is 75.1 cm³/mol. The maximum absolute atomic E-state index is 12.0. The average molecular weight is 289 g/mol. The fraction of sp³-hybridized carbons (Fsp3) is 0.429. The molecule has 0 N–H and O–H groups in total. The van der Waals surface area contributed by atoms with Crippen molar-refractivity contribution in [3.8, 4) is 6.07 Å². The number of rotatable bonds is 4. The molecule has 1 aliphatic rings. The summed E-state index contributed by atoms with van der Waals surface area (Å²) in [6.45, 7) is 1.23. The summed E-state index contributed by atoms with van der Waals surface area (Å²) in [6, 6.07) is 5.88. The molecule has 1 aliphatic heterocycles. The fourth-order valence-corrected chi connectivity index (χ4v) is 2.39. The first-order chi connectivity index (χ1) is 10.1. The van der Waals surface area contributed by atoms with Crippen LogP contribution in [0, 0.1) is 21.4 Å². The number of piperidine rings is 1. The van der Waals surface area contributed by atoms with Crippen LogP contribution >= 0.6 is 0 Å². The molecule has 0 radical (unpaired) electrons. The van der Waals surface area contributed by atoms with Crippen molar-refractivity contribution in [3.05, 3.63) is 33.9 Å². The second-order valence-electron chi connectivity index (χ2n) is 4.74. The van der Waals surface area contributed by atoms with Gasteiger partial charge in [-0.3, -0.25) is 10.1 Å². The van der Waals surface area contributed by atoms with Crippen LogP contribution in [0.3, 0.4) is 0 Å². The van der Waals surface area contributed by atoms with Gasteiger partial charge >= 0.3 is 5.97 Å². The zero-order valence-electron chi connectivity index (χ0n) is 11.4. The maximum atomic E-state index is 12.0. The maximum Gasteiger partial charge on any atom is 0.341 e. The van der Waals surface area contributed by atoms with E-state index < -0.39 is 10.9 Å². The van der Waals surface area contributed by atoms with Crippen LogP contribution in [0.15, 0.2) is 18.2 Å². The van der Waals surface area contributed by atoms with Crippen LogP contribution in [0.4, 0.5) is 11.4 Å². The first kappa shape index (κ1) is 14.8. The van der Waals surface area contributed by atoms with Gasteiger partial charge in [0.1, 0.15) is 6.07 Å². The van der Waals surface area contributed by atoms with Crippen LogP contribution in [-0.4, -0.2) is 30.6 Å². The van der Waals surface area contributed by atoms with Crippen LogP contribution in [0.1, 0.15) is 29.6 Å². The number of benzene rings is 1. The predicted octanol–water partition coefficient (Wildman–Crippen LogP) is 2.27. The number of nitriles is 1. The number of carbonyl (C=O) groups is 1. The van der Waals surface area contributed by atoms with Crippen molar-refractivity contribution in [2.45, 2.75) is 19.3 Å². The van der Waals surface area contributed by atoms with E-state index in [2.05, 4.69) is 0 Å². The number of anilines is 1. The number of nitro benzene ring substituents is 1. The second-order valence-corrected chi connectivity index (χ2v) is 4.74. The molecule has 1 saturated heterocycles. The summed E-state index contributed by atoms with van der Waals surface area (Å²) < 4.78 is 4.79. The summed E-state index contributed by atoms with van der Waals surface area (Å²) in [4.78, 5) is 24.4. The van der Waals surface area contributed by atoms with Crippen molar-refractivity contribution in [1.82, 2.24) is 0 Å². The normalized spacial score (nSPS) is 14.3. The Bertz CT molecular complexity index is 588. The van der Waals surface area contributed by atoms with Crippen molar-refractivity contribution in [2.75, 3.05) is 24.6 Å². The molecule has 0 aromatic heterocycles. The Morgan fingerprint density at radius 2 is 2.10 bits per heavy atom. The smallest absolute Gasteiger partial charge is 0.341 e. The van der Waals surface area contributed by atoms with Gasteiger partial charge in [-0.05, 0) is 25.3 Å². The van der Waals surface area contributed by atoms with Gasteiger partial charge in [-0.25, -0.2) is 4.79 Å². The average Bonchev–Trinajstić information content (AvgIpc) is 2.52. The van der Waals surface area contributed by atoms with Gasteiger partial charge in [-0.2, -0.15) is 5.26 Å². The lowest BCUT2D eigenvalue weighted by molar-refractivity contribution is -0.384. The van der Waals surface area contributed by atoms with E-state index in [4.69, 9.17) is 10.00 Å². The van der Waals surface area contributed by atoms with E-state index >= 15 is 0 Å². The van der Waals surface area contributed by atoms with E-state index in [9.17, 15) is 14.9 Å². The Morgan fingerprint density at radius 3 is 2.71 bits per heavy atom. The summed E-state index contributed by atoms with van der Waals surface area (Å²) in [7, 11) is 0. The van der Waals surface area contributed by atoms with Gasteiger partial charge in [0, 0.05) is 25.2 Å². The third kappa shape index (κ3) is 3.48. The Morgan fingerprint density at radius 1 is 1.38 bits per heavy atom. The van der Waals surface area contributed by atoms with Crippen molar-refractivity contribution in [1.29, 1.82) is 5.26 Å². The van der Waals surface area contributed by atoms with Gasteiger partial charge < -0.3 is 9.64 Å². The molecule has 110 valence electrons. The minimum absolute atomic E-state index is 0.140. The number of hydrogen-bond acceptors (Lipinski definition) is 6. The Kier molecular flexibility index (Phi) is 4.72. The number of nitrogens with zero attached hydrogens (tertiary/aromatic N) is 3. The topological polar surface area (TPSA) is 96.5 Å². The number of ether oxygens (including phenoxy) is 1. The van der Waals surface area contributed by atoms with Crippen LogP contribution in [0.5, 0.6) is 0 Å². The molecular weight excluding hydrogens is 274 g/mol. The first-order valence-electron chi connectivity index (χ1n) is 6.71. The van der Waals surface area contributed by atoms with Gasteiger partial charge in [0.15, 0.2) is 6.61 Å². The third-order valence-electron chi connectivity index (χ3n) is 3.38. The van der Waals surface area contributed by atoms with Crippen molar-refractivity contribution in [3.63, 3.8) is 0 Å². The zero-order valence-corrected chi connectivity index (χ0v) is 11.4. The summed E-state index contributed by atoms with van der Waals surface area (Å²) in [5.74, 6) is -0.708. The largest absolute Gasteiger partial charge is 0.447 e.